The number of esters is 1. The lowest BCUT2D eigenvalue weighted by molar-refractivity contribution is -0.139. The van der Waals surface area contributed by atoms with Crippen LogP contribution in [0.25, 0.3) is 0 Å². The molecule has 0 bridgehead atoms. The fraction of sp³-hybridized carbons (Fsp3) is 0.375. The van der Waals surface area contributed by atoms with Gasteiger partial charge in [0.25, 0.3) is 0 Å². The quantitative estimate of drug-likeness (QED) is 0.634. The minimum atomic E-state index is -3.95. The number of nitrogens with one attached hydrogen (secondary N) is 1. The molecule has 0 aliphatic rings. The van der Waals surface area contributed by atoms with Gasteiger partial charge in [-0.2, -0.15) is 0 Å². The molecule has 0 radical (unpaired) electrons. The molecule has 7 nitrogen and oxygen atoms in total. The normalized spacial score (nSPS) is 12.9. The maximum Gasteiger partial charge on any atom is 0.325 e. The molecule has 1 aromatic rings. The summed E-state index contributed by atoms with van der Waals surface area (Å²) in [6.07, 6.45) is 1.29. The number of carbonyl (C=O) groups excluding carboxylic acids is 1. The summed E-state index contributed by atoms with van der Waals surface area (Å²) in [4.78, 5) is 18.4. The number of hydrogen-bond donors (Lipinski definition) is 1. The van der Waals surface area contributed by atoms with Crippen molar-refractivity contribution in [3.05, 3.63) is 17.4 Å². The molecule has 0 fully saturated rings. The summed E-state index contributed by atoms with van der Waals surface area (Å²) < 4.78 is 29.7. The van der Waals surface area contributed by atoms with Crippen molar-refractivity contribution in [2.45, 2.75) is 12.2 Å². The van der Waals surface area contributed by atoms with Gasteiger partial charge in [-0.05, 0) is 13.0 Å². The Morgan fingerprint density at radius 1 is 1.59 bits per heavy atom. The Bertz CT molecular complexity index is 519. The molecule has 17 heavy (non-hydrogen) atoms. The predicted octanol–water partition coefficient (Wildman–Crippen LogP) is 0.433. The number of anilines is 1. The monoisotopic (exact) mass is 279 g/mol. The second-order valence-corrected chi connectivity index (χ2v) is 5.40. The SMILES string of the molecule is COC(=O)C(C)S(=O)(=O)Nc1nccc(Cl)n1. The molecule has 1 atom stereocenters. The van der Waals surface area contributed by atoms with Gasteiger partial charge >= 0.3 is 5.97 Å². The lowest BCUT2D eigenvalue weighted by Gasteiger charge is -2.11. The standard InChI is InChI=1S/C8H10ClN3O4S/c1-5(7(13)16-2)17(14,15)12-8-10-4-3-6(9)11-8/h3-5H,1-2H3,(H,10,11,12). The minimum absolute atomic E-state index is 0.0865. The summed E-state index contributed by atoms with van der Waals surface area (Å²) in [5.41, 5.74) is 0. The second-order valence-electron chi connectivity index (χ2n) is 3.02. The highest BCUT2D eigenvalue weighted by Crippen LogP contribution is 2.10. The van der Waals surface area contributed by atoms with Crippen molar-refractivity contribution in [2.24, 2.45) is 0 Å². The zero-order valence-corrected chi connectivity index (χ0v) is 10.6. The Kier molecular flexibility index (Phi) is 4.24. The predicted molar refractivity (Wildman–Crippen MR) is 61.1 cm³/mol. The Labute approximate surface area is 103 Å². The van der Waals surface area contributed by atoms with E-state index in [9.17, 15) is 13.2 Å². The lowest BCUT2D eigenvalue weighted by Crippen LogP contribution is -2.33. The molecule has 0 aromatic carbocycles. The number of methoxy groups -OCH3 is 1. The van der Waals surface area contributed by atoms with Gasteiger partial charge in [0.05, 0.1) is 7.11 Å². The highest BCUT2D eigenvalue weighted by atomic mass is 35.5. The maximum absolute atomic E-state index is 11.7. The molecule has 0 saturated heterocycles. The van der Waals surface area contributed by atoms with E-state index in [0.717, 1.165) is 7.11 Å². The highest BCUT2D eigenvalue weighted by molar-refractivity contribution is 7.94. The van der Waals surface area contributed by atoms with Crippen LogP contribution < -0.4 is 4.72 Å². The fourth-order valence-corrected chi connectivity index (χ4v) is 1.91. The Hall–Kier alpha value is -1.41. The van der Waals surface area contributed by atoms with Crippen LogP contribution in [0.5, 0.6) is 0 Å². The largest absolute Gasteiger partial charge is 0.468 e. The zero-order chi connectivity index (χ0) is 13.1. The summed E-state index contributed by atoms with van der Waals surface area (Å²) in [5, 5.41) is -1.28. The first-order valence-electron chi connectivity index (χ1n) is 4.45. The van der Waals surface area contributed by atoms with Crippen LogP contribution in [0.3, 0.4) is 0 Å². The van der Waals surface area contributed by atoms with Gasteiger partial charge in [0.2, 0.25) is 16.0 Å². The Morgan fingerprint density at radius 3 is 2.76 bits per heavy atom. The molecule has 1 heterocycles. The molecule has 1 N–H and O–H groups in total. The Balaban J connectivity index is 2.90. The van der Waals surface area contributed by atoms with E-state index in [1.54, 1.807) is 0 Å². The first-order chi connectivity index (χ1) is 7.86. The van der Waals surface area contributed by atoms with Crippen molar-refractivity contribution in [3.8, 4) is 0 Å². The lowest BCUT2D eigenvalue weighted by atomic mass is 10.5. The third kappa shape index (κ3) is 3.53. The summed E-state index contributed by atoms with van der Waals surface area (Å²) in [6.45, 7) is 1.19. The van der Waals surface area contributed by atoms with E-state index >= 15 is 0 Å². The van der Waals surface area contributed by atoms with Crippen LogP contribution in [-0.4, -0.2) is 36.7 Å². The van der Waals surface area contributed by atoms with E-state index in [1.807, 2.05) is 4.72 Å². The van der Waals surface area contributed by atoms with Crippen molar-refractivity contribution in [2.75, 3.05) is 11.8 Å². The van der Waals surface area contributed by atoms with E-state index in [1.165, 1.54) is 19.2 Å². The van der Waals surface area contributed by atoms with Crippen LogP contribution in [0.4, 0.5) is 5.95 Å². The van der Waals surface area contributed by atoms with Gasteiger partial charge in [-0.3, -0.25) is 9.52 Å². The van der Waals surface area contributed by atoms with E-state index in [0.29, 0.717) is 0 Å². The zero-order valence-electron chi connectivity index (χ0n) is 9.05. The van der Waals surface area contributed by atoms with Crippen molar-refractivity contribution < 1.29 is 17.9 Å². The van der Waals surface area contributed by atoms with Crippen LogP contribution in [-0.2, 0) is 19.6 Å². The number of aromatic nitrogens is 2. The number of rotatable bonds is 4. The van der Waals surface area contributed by atoms with Crippen molar-refractivity contribution in [1.29, 1.82) is 0 Å². The number of hydrogen-bond acceptors (Lipinski definition) is 6. The van der Waals surface area contributed by atoms with Crippen LogP contribution in [0.1, 0.15) is 6.92 Å². The molecule has 1 unspecified atom stereocenters. The molecule has 9 heteroatoms. The van der Waals surface area contributed by atoms with Gasteiger partial charge in [-0.25, -0.2) is 18.4 Å². The highest BCUT2D eigenvalue weighted by Gasteiger charge is 2.29. The van der Waals surface area contributed by atoms with Crippen molar-refractivity contribution in [1.82, 2.24) is 9.97 Å². The number of carbonyl (C=O) groups is 1. The first-order valence-corrected chi connectivity index (χ1v) is 6.37. The van der Waals surface area contributed by atoms with Crippen LogP contribution in [0.2, 0.25) is 5.15 Å². The Morgan fingerprint density at radius 2 is 2.24 bits per heavy atom. The molecule has 0 spiro atoms. The summed E-state index contributed by atoms with van der Waals surface area (Å²) in [5.74, 6) is -1.08. The smallest absolute Gasteiger partial charge is 0.325 e. The van der Waals surface area contributed by atoms with Gasteiger partial charge in [0.15, 0.2) is 5.25 Å². The summed E-state index contributed by atoms with van der Waals surface area (Å²) in [6, 6.07) is 1.39. The average Bonchev–Trinajstić information content (AvgIpc) is 2.26. The van der Waals surface area contributed by atoms with Crippen LogP contribution in [0, 0.1) is 0 Å². The number of ether oxygens (including phenoxy) is 1. The number of nitrogens with zero attached hydrogens (tertiary/aromatic N) is 2. The molecule has 1 rings (SSSR count). The maximum atomic E-state index is 11.7. The first kappa shape index (κ1) is 13.7. The molecule has 0 amide bonds. The van der Waals surface area contributed by atoms with Gasteiger partial charge in [-0.15, -0.1) is 0 Å². The van der Waals surface area contributed by atoms with Crippen LogP contribution in [0.15, 0.2) is 12.3 Å². The molecule has 1 aromatic heterocycles. The van der Waals surface area contributed by atoms with Gasteiger partial charge in [-0.1, -0.05) is 11.6 Å². The van der Waals surface area contributed by atoms with Crippen LogP contribution >= 0.6 is 11.6 Å². The van der Waals surface area contributed by atoms with E-state index in [-0.39, 0.29) is 11.1 Å². The molecule has 0 saturated carbocycles. The minimum Gasteiger partial charge on any atom is -0.468 e. The summed E-state index contributed by atoms with van der Waals surface area (Å²) in [7, 11) is -2.85. The average molecular weight is 280 g/mol. The van der Waals surface area contributed by atoms with Gasteiger partial charge in [0, 0.05) is 6.20 Å². The fourth-order valence-electron chi connectivity index (χ4n) is 0.894. The molecular formula is C8H10ClN3O4S. The van der Waals surface area contributed by atoms with E-state index < -0.39 is 21.2 Å². The van der Waals surface area contributed by atoms with Crippen molar-refractivity contribution >= 4 is 33.5 Å². The summed E-state index contributed by atoms with van der Waals surface area (Å²) >= 11 is 5.57. The number of halogens is 1. The molecular weight excluding hydrogens is 270 g/mol. The molecule has 0 aliphatic heterocycles. The van der Waals surface area contributed by atoms with Crippen molar-refractivity contribution in [3.63, 3.8) is 0 Å². The van der Waals surface area contributed by atoms with E-state index in [4.69, 9.17) is 11.6 Å². The van der Waals surface area contributed by atoms with E-state index in [2.05, 4.69) is 14.7 Å². The third-order valence-electron chi connectivity index (χ3n) is 1.85. The third-order valence-corrected chi connectivity index (χ3v) is 3.65. The van der Waals surface area contributed by atoms with Gasteiger partial charge < -0.3 is 4.74 Å². The topological polar surface area (TPSA) is 98.2 Å². The molecule has 94 valence electrons. The second kappa shape index (κ2) is 5.28. The number of sulfonamides is 1. The molecule has 0 aliphatic carbocycles. The van der Waals surface area contributed by atoms with Gasteiger partial charge in [0.1, 0.15) is 5.15 Å².